The van der Waals surface area contributed by atoms with Crippen LogP contribution < -0.4 is 4.74 Å². The van der Waals surface area contributed by atoms with Crippen LogP contribution >= 0.6 is 55.1 Å². The summed E-state index contributed by atoms with van der Waals surface area (Å²) in [6, 6.07) is 1.27. The highest BCUT2D eigenvalue weighted by atomic mass is 79.9. The molecule has 0 spiro atoms. The molecule has 0 aliphatic carbocycles. The first kappa shape index (κ1) is 38.7. The summed E-state index contributed by atoms with van der Waals surface area (Å²) in [7, 11) is -5.61. The molecule has 0 saturated heterocycles. The van der Waals surface area contributed by atoms with Gasteiger partial charge in [-0.15, -0.1) is 0 Å². The zero-order chi connectivity index (χ0) is 32.5. The molecular formula is C26H26Br2Cl2F8O3S2. The van der Waals surface area contributed by atoms with Crippen LogP contribution in [0.3, 0.4) is 0 Å². The Hall–Kier alpha value is -0.480. The Morgan fingerprint density at radius 1 is 0.651 bits per heavy atom. The van der Waals surface area contributed by atoms with E-state index in [1.165, 1.54) is 0 Å². The van der Waals surface area contributed by atoms with Crippen molar-refractivity contribution in [1.82, 2.24) is 0 Å². The van der Waals surface area contributed by atoms with Crippen molar-refractivity contribution in [1.29, 1.82) is 0 Å². The van der Waals surface area contributed by atoms with Gasteiger partial charge in [-0.1, -0.05) is 67.9 Å². The molecule has 0 aliphatic rings. The van der Waals surface area contributed by atoms with Crippen molar-refractivity contribution in [3.8, 4) is 11.5 Å². The molecule has 0 fully saturated rings. The van der Waals surface area contributed by atoms with Crippen LogP contribution in [-0.2, 0) is 34.4 Å². The van der Waals surface area contributed by atoms with E-state index in [0.717, 1.165) is 0 Å². The second-order valence-electron chi connectivity index (χ2n) is 9.27. The minimum absolute atomic E-state index is 0.0894. The molecule has 244 valence electrons. The minimum atomic E-state index is -4.87. The van der Waals surface area contributed by atoms with Gasteiger partial charge in [0.1, 0.15) is 11.5 Å². The molecule has 0 radical (unpaired) electrons. The van der Waals surface area contributed by atoms with Crippen LogP contribution in [0.4, 0.5) is 35.1 Å². The minimum Gasteiger partial charge on any atom is -0.451 e. The molecule has 0 amide bonds. The van der Waals surface area contributed by atoms with Gasteiger partial charge in [0.15, 0.2) is 23.1 Å². The first-order valence-corrected chi connectivity index (χ1v) is 18.4. The van der Waals surface area contributed by atoms with Crippen LogP contribution in [0.2, 0.25) is 10.0 Å². The highest BCUT2D eigenvalue weighted by molar-refractivity contribution is 9.09. The second kappa shape index (κ2) is 17.4. The molecule has 2 atom stereocenters. The normalized spacial score (nSPS) is 13.8. The Morgan fingerprint density at radius 3 is 1.30 bits per heavy atom. The summed E-state index contributed by atoms with van der Waals surface area (Å²) in [6.45, 7) is 0. The largest absolute Gasteiger partial charge is 0.451 e. The summed E-state index contributed by atoms with van der Waals surface area (Å²) in [5.41, 5.74) is -0.631. The molecule has 2 unspecified atom stereocenters. The third-order valence-electron chi connectivity index (χ3n) is 5.87. The molecule has 3 nitrogen and oxygen atoms in total. The molecule has 2 rings (SSSR count). The summed E-state index contributed by atoms with van der Waals surface area (Å²) in [5, 5.41) is 0.253. The van der Waals surface area contributed by atoms with Gasteiger partial charge in [-0.2, -0.15) is 26.3 Å². The van der Waals surface area contributed by atoms with Crippen LogP contribution in [0.5, 0.6) is 11.5 Å². The number of rotatable bonds is 16. The molecule has 0 aromatic heterocycles. The number of hydrogen-bond acceptors (Lipinski definition) is 3. The van der Waals surface area contributed by atoms with Crippen molar-refractivity contribution >= 4 is 76.7 Å². The van der Waals surface area contributed by atoms with Gasteiger partial charge in [-0.05, 0) is 38.5 Å². The zero-order valence-corrected chi connectivity index (χ0v) is 28.5. The maximum Gasteiger partial charge on any atom is 0.400 e. The zero-order valence-electron chi connectivity index (χ0n) is 22.2. The van der Waals surface area contributed by atoms with E-state index in [1.54, 1.807) is 0 Å². The van der Waals surface area contributed by atoms with Crippen molar-refractivity contribution in [2.45, 2.75) is 73.5 Å². The maximum absolute atomic E-state index is 15.7. The second-order valence-corrected chi connectivity index (χ2v) is 14.5. The van der Waals surface area contributed by atoms with Gasteiger partial charge in [-0.3, -0.25) is 8.42 Å². The van der Waals surface area contributed by atoms with Crippen molar-refractivity contribution in [2.24, 2.45) is 0 Å². The average Bonchev–Trinajstić information content (AvgIpc) is 2.88. The van der Waals surface area contributed by atoms with Gasteiger partial charge >= 0.3 is 12.4 Å². The Balaban J connectivity index is 2.69. The predicted octanol–water partition coefficient (Wildman–Crippen LogP) is 10.6. The Bertz CT molecular complexity index is 1210. The number of unbranched alkanes of at least 4 members (excludes halogenated alkanes) is 4. The summed E-state index contributed by atoms with van der Waals surface area (Å²) in [4.78, 5) is -1.23. The van der Waals surface area contributed by atoms with E-state index in [0.29, 0.717) is 61.3 Å². The molecule has 0 heterocycles. The molecule has 2 aromatic carbocycles. The monoisotopic (exact) mass is 830 g/mol. The molecule has 0 saturated carbocycles. The smallest absolute Gasteiger partial charge is 0.400 e. The molecule has 0 aliphatic heterocycles. The van der Waals surface area contributed by atoms with Gasteiger partial charge < -0.3 is 4.74 Å². The number of hydrogen-bond donors (Lipinski definition) is 0. The van der Waals surface area contributed by atoms with Gasteiger partial charge in [0.25, 0.3) is 0 Å². The van der Waals surface area contributed by atoms with E-state index < -0.39 is 88.4 Å². The summed E-state index contributed by atoms with van der Waals surface area (Å²) in [6.07, 6.45) is -6.72. The number of benzene rings is 2. The SMILES string of the molecule is O=S(CC(F)(F)F)c1cc(Oc2cc(S(=O)CC(F)(F)F)c(Cl)c(CCCCCBr)c2F)c(F)c(CCCCCBr)c1Cl. The van der Waals surface area contributed by atoms with Crippen molar-refractivity contribution < 1.29 is 48.3 Å². The van der Waals surface area contributed by atoms with E-state index in [1.807, 2.05) is 0 Å². The van der Waals surface area contributed by atoms with Gasteiger partial charge in [-0.25, -0.2) is 8.78 Å². The molecular weight excluding hydrogens is 807 g/mol. The van der Waals surface area contributed by atoms with E-state index in [9.17, 15) is 34.8 Å². The lowest BCUT2D eigenvalue weighted by Gasteiger charge is -2.19. The summed E-state index contributed by atoms with van der Waals surface area (Å²) in [5.74, 6) is -7.69. The average molecular weight is 833 g/mol. The van der Waals surface area contributed by atoms with E-state index in [4.69, 9.17) is 27.9 Å². The lowest BCUT2D eigenvalue weighted by Crippen LogP contribution is -2.19. The lowest BCUT2D eigenvalue weighted by molar-refractivity contribution is -0.106. The Kier molecular flexibility index (Phi) is 15.7. The van der Waals surface area contributed by atoms with Crippen molar-refractivity contribution in [3.63, 3.8) is 0 Å². The van der Waals surface area contributed by atoms with E-state index >= 15 is 8.78 Å². The molecule has 17 heteroatoms. The topological polar surface area (TPSA) is 43.4 Å². The fourth-order valence-corrected chi connectivity index (χ4v) is 7.72. The standard InChI is InChI=1S/C26H26Br2Cl2F8O3S2/c27-9-5-1-3-7-15-21(29)19(42(39)13-25(33,34)35)11-17(23(15)31)41-18-12-20(43(40)14-26(36,37)38)22(30)16(24(18)32)8-4-2-6-10-28/h11-12H,1-10,13-14H2. The predicted molar refractivity (Wildman–Crippen MR) is 160 cm³/mol. The number of alkyl halides is 8. The highest BCUT2D eigenvalue weighted by Crippen LogP contribution is 2.41. The van der Waals surface area contributed by atoms with Crippen LogP contribution in [0.25, 0.3) is 0 Å². The van der Waals surface area contributed by atoms with Gasteiger partial charge in [0.05, 0.1) is 41.4 Å². The third-order valence-corrected chi connectivity index (χ3v) is 10.9. The number of halogens is 12. The van der Waals surface area contributed by atoms with Crippen LogP contribution in [-0.4, -0.2) is 42.9 Å². The first-order valence-electron chi connectivity index (χ1n) is 12.7. The lowest BCUT2D eigenvalue weighted by atomic mass is 10.1. The third kappa shape index (κ3) is 12.0. The Morgan fingerprint density at radius 2 is 1.00 bits per heavy atom. The molecule has 43 heavy (non-hydrogen) atoms. The Labute approximate surface area is 275 Å². The maximum atomic E-state index is 15.7. The highest BCUT2D eigenvalue weighted by Gasteiger charge is 2.35. The van der Waals surface area contributed by atoms with Crippen LogP contribution in [0.15, 0.2) is 21.9 Å². The van der Waals surface area contributed by atoms with Crippen molar-refractivity contribution in [2.75, 3.05) is 22.2 Å². The molecule has 0 N–H and O–H groups in total. The van der Waals surface area contributed by atoms with Crippen LogP contribution in [0, 0.1) is 11.6 Å². The fourth-order valence-electron chi connectivity index (χ4n) is 3.92. The van der Waals surface area contributed by atoms with Crippen molar-refractivity contribution in [3.05, 3.63) is 44.9 Å². The van der Waals surface area contributed by atoms with E-state index in [-0.39, 0.29) is 24.0 Å². The fraction of sp³-hybridized carbons (Fsp3) is 0.538. The summed E-state index contributed by atoms with van der Waals surface area (Å²) < 4.78 is 140. The summed E-state index contributed by atoms with van der Waals surface area (Å²) >= 11 is 18.9. The molecule has 0 bridgehead atoms. The first-order chi connectivity index (χ1) is 20.0. The number of ether oxygens (including phenoxy) is 1. The van der Waals surface area contributed by atoms with Crippen LogP contribution in [0.1, 0.15) is 49.7 Å². The quantitative estimate of drug-likeness (QED) is 0.0961. The van der Waals surface area contributed by atoms with Gasteiger partial charge in [0.2, 0.25) is 0 Å². The van der Waals surface area contributed by atoms with E-state index in [2.05, 4.69) is 31.9 Å². The molecule has 2 aromatic rings. The van der Waals surface area contributed by atoms with Gasteiger partial charge in [0, 0.05) is 33.9 Å².